The lowest BCUT2D eigenvalue weighted by Gasteiger charge is -2.43. The van der Waals surface area contributed by atoms with Gasteiger partial charge in [-0.05, 0) is 37.2 Å². The molecule has 0 unspecified atom stereocenters. The summed E-state index contributed by atoms with van der Waals surface area (Å²) in [5.74, 6) is 0.0224. The minimum absolute atomic E-state index is 0.0224. The van der Waals surface area contributed by atoms with Crippen molar-refractivity contribution in [3.8, 4) is 17.0 Å². The smallest absolute Gasteiger partial charge is 0.144 e. The van der Waals surface area contributed by atoms with Gasteiger partial charge >= 0.3 is 0 Å². The number of aliphatic hydroxyl groups excluding tert-OH is 1. The molecule has 0 radical (unpaired) electrons. The summed E-state index contributed by atoms with van der Waals surface area (Å²) in [5.41, 5.74) is 8.79. The zero-order chi connectivity index (χ0) is 19.9. The van der Waals surface area contributed by atoms with Gasteiger partial charge in [-0.3, -0.25) is 0 Å². The highest BCUT2D eigenvalue weighted by molar-refractivity contribution is 6.43. The normalized spacial score (nSPS) is 21.4. The lowest BCUT2D eigenvalue weighted by molar-refractivity contribution is 0.197. The van der Waals surface area contributed by atoms with Gasteiger partial charge in [0.2, 0.25) is 0 Å². The molecule has 2 aliphatic rings. The first kappa shape index (κ1) is 19.8. The van der Waals surface area contributed by atoms with Gasteiger partial charge in [0.1, 0.15) is 11.4 Å². The summed E-state index contributed by atoms with van der Waals surface area (Å²) in [6, 6.07) is 7.15. The highest BCUT2D eigenvalue weighted by Gasteiger charge is 2.43. The van der Waals surface area contributed by atoms with E-state index in [1.807, 2.05) is 0 Å². The summed E-state index contributed by atoms with van der Waals surface area (Å²) in [4.78, 5) is 6.73. The van der Waals surface area contributed by atoms with Crippen molar-refractivity contribution in [3.05, 3.63) is 40.0 Å². The van der Waals surface area contributed by atoms with E-state index >= 15 is 0 Å². The summed E-state index contributed by atoms with van der Waals surface area (Å²) in [6.45, 7) is 1.47. The predicted octanol–water partition coefficient (Wildman–Crippen LogP) is 4.35. The van der Waals surface area contributed by atoms with E-state index in [0.717, 1.165) is 38.0 Å². The fourth-order valence-corrected chi connectivity index (χ4v) is 5.18. The van der Waals surface area contributed by atoms with Crippen molar-refractivity contribution < 1.29 is 10.2 Å². The summed E-state index contributed by atoms with van der Waals surface area (Å²) in [7, 11) is 0. The molecule has 0 bridgehead atoms. The summed E-state index contributed by atoms with van der Waals surface area (Å²) in [5, 5.41) is 21.3. The molecule has 4 N–H and O–H groups in total. The number of benzene rings is 1. The Labute approximate surface area is 175 Å². The number of anilines is 1. The molecule has 7 heteroatoms. The average Bonchev–Trinajstić information content (AvgIpc) is 3.04. The van der Waals surface area contributed by atoms with Crippen molar-refractivity contribution in [2.24, 2.45) is 11.1 Å². The van der Waals surface area contributed by atoms with Gasteiger partial charge in [0, 0.05) is 30.8 Å². The van der Waals surface area contributed by atoms with Crippen LogP contribution in [0.25, 0.3) is 11.3 Å². The SMILES string of the molecule is N[C@@H]1CCCC12CCN(c1cc(O)c(-c3cccc(Cl)c3Cl)nc1CO)CC2. The van der Waals surface area contributed by atoms with Crippen LogP contribution in [0.4, 0.5) is 5.69 Å². The fourth-order valence-electron chi connectivity index (χ4n) is 4.79. The van der Waals surface area contributed by atoms with Crippen LogP contribution in [0.5, 0.6) is 5.75 Å². The molecule has 1 saturated carbocycles. The maximum Gasteiger partial charge on any atom is 0.144 e. The molecular weight excluding hydrogens is 397 g/mol. The van der Waals surface area contributed by atoms with Crippen molar-refractivity contribution in [1.82, 2.24) is 4.98 Å². The Bertz CT molecular complexity index is 882. The minimum Gasteiger partial charge on any atom is -0.506 e. The molecule has 28 heavy (non-hydrogen) atoms. The molecule has 1 aliphatic heterocycles. The van der Waals surface area contributed by atoms with Crippen LogP contribution in [-0.2, 0) is 6.61 Å². The van der Waals surface area contributed by atoms with E-state index in [1.54, 1.807) is 24.3 Å². The summed E-state index contributed by atoms with van der Waals surface area (Å²) < 4.78 is 0. The molecule has 1 aromatic carbocycles. The van der Waals surface area contributed by atoms with Crippen molar-refractivity contribution in [1.29, 1.82) is 0 Å². The van der Waals surface area contributed by atoms with Crippen LogP contribution in [0.15, 0.2) is 24.3 Å². The second-order valence-electron chi connectivity index (χ2n) is 7.93. The molecule has 1 aromatic heterocycles. The van der Waals surface area contributed by atoms with Crippen molar-refractivity contribution in [2.45, 2.75) is 44.8 Å². The third kappa shape index (κ3) is 3.35. The Morgan fingerprint density at radius 2 is 1.96 bits per heavy atom. The van der Waals surface area contributed by atoms with Crippen LogP contribution < -0.4 is 10.6 Å². The number of rotatable bonds is 3. The fraction of sp³-hybridized carbons (Fsp3) is 0.476. The lowest BCUT2D eigenvalue weighted by atomic mass is 9.74. The van der Waals surface area contributed by atoms with E-state index in [2.05, 4.69) is 9.88 Å². The third-order valence-corrected chi connectivity index (χ3v) is 7.31. The molecule has 1 saturated heterocycles. The van der Waals surface area contributed by atoms with Crippen LogP contribution in [0.2, 0.25) is 10.0 Å². The van der Waals surface area contributed by atoms with Crippen molar-refractivity contribution in [2.75, 3.05) is 18.0 Å². The van der Waals surface area contributed by atoms with E-state index < -0.39 is 0 Å². The second-order valence-corrected chi connectivity index (χ2v) is 8.71. The van der Waals surface area contributed by atoms with Gasteiger partial charge in [-0.2, -0.15) is 0 Å². The third-order valence-electron chi connectivity index (χ3n) is 6.49. The van der Waals surface area contributed by atoms with E-state index in [-0.39, 0.29) is 23.8 Å². The molecule has 2 fully saturated rings. The highest BCUT2D eigenvalue weighted by atomic mass is 35.5. The number of aliphatic hydroxyl groups is 1. The summed E-state index contributed by atoms with van der Waals surface area (Å²) >= 11 is 12.4. The topological polar surface area (TPSA) is 82.6 Å². The molecule has 1 aliphatic carbocycles. The largest absolute Gasteiger partial charge is 0.506 e. The number of aromatic nitrogens is 1. The zero-order valence-electron chi connectivity index (χ0n) is 15.7. The number of hydrogen-bond donors (Lipinski definition) is 3. The standard InChI is InChI=1S/C21H25Cl2N3O2/c22-14-4-1-3-13(19(14)23)20-17(28)11-16(15(12-27)25-20)26-9-7-21(8-10-26)6-2-5-18(21)24/h1,3-4,11,18,27-28H,2,5-10,12,24H2/t18-/m1/s1. The zero-order valence-corrected chi connectivity index (χ0v) is 17.2. The van der Waals surface area contributed by atoms with Crippen LogP contribution in [0.3, 0.4) is 0 Å². The van der Waals surface area contributed by atoms with Gasteiger partial charge in [-0.1, -0.05) is 41.8 Å². The van der Waals surface area contributed by atoms with Crippen LogP contribution in [0.1, 0.15) is 37.8 Å². The lowest BCUT2D eigenvalue weighted by Crippen LogP contribution is -2.47. The number of nitrogens with zero attached hydrogens (tertiary/aromatic N) is 2. The molecule has 2 aromatic rings. The van der Waals surface area contributed by atoms with Gasteiger partial charge in [0.05, 0.1) is 28.0 Å². The van der Waals surface area contributed by atoms with Gasteiger partial charge in [-0.15, -0.1) is 0 Å². The van der Waals surface area contributed by atoms with Crippen LogP contribution >= 0.6 is 23.2 Å². The van der Waals surface area contributed by atoms with Crippen molar-refractivity contribution >= 4 is 28.9 Å². The molecule has 2 heterocycles. The maximum absolute atomic E-state index is 10.7. The minimum atomic E-state index is -0.220. The number of aromatic hydroxyl groups is 1. The first-order valence-electron chi connectivity index (χ1n) is 9.74. The Hall–Kier alpha value is -1.53. The molecule has 150 valence electrons. The number of hydrogen-bond acceptors (Lipinski definition) is 5. The van der Waals surface area contributed by atoms with E-state index in [0.29, 0.717) is 27.0 Å². The first-order chi connectivity index (χ1) is 13.4. The van der Waals surface area contributed by atoms with Crippen LogP contribution in [0, 0.1) is 5.41 Å². The van der Waals surface area contributed by atoms with Crippen LogP contribution in [-0.4, -0.2) is 34.3 Å². The number of nitrogens with two attached hydrogens (primary N) is 1. The van der Waals surface area contributed by atoms with E-state index in [9.17, 15) is 10.2 Å². The Morgan fingerprint density at radius 1 is 1.21 bits per heavy atom. The number of piperidine rings is 1. The Morgan fingerprint density at radius 3 is 2.61 bits per heavy atom. The Balaban J connectivity index is 1.64. The quantitative estimate of drug-likeness (QED) is 0.685. The maximum atomic E-state index is 10.7. The average molecular weight is 422 g/mol. The van der Waals surface area contributed by atoms with E-state index in [4.69, 9.17) is 28.9 Å². The number of pyridine rings is 1. The summed E-state index contributed by atoms with van der Waals surface area (Å²) in [6.07, 6.45) is 5.58. The molecule has 1 atom stereocenters. The van der Waals surface area contributed by atoms with Gasteiger partial charge in [0.15, 0.2) is 0 Å². The molecular formula is C21H25Cl2N3O2. The molecule has 0 amide bonds. The molecule has 4 rings (SSSR count). The van der Waals surface area contributed by atoms with Gasteiger partial charge < -0.3 is 20.8 Å². The molecule has 1 spiro atoms. The van der Waals surface area contributed by atoms with Gasteiger partial charge in [-0.25, -0.2) is 4.98 Å². The highest BCUT2D eigenvalue weighted by Crippen LogP contribution is 2.47. The predicted molar refractivity (Wildman–Crippen MR) is 113 cm³/mol. The first-order valence-corrected chi connectivity index (χ1v) is 10.5. The van der Waals surface area contributed by atoms with Gasteiger partial charge in [0.25, 0.3) is 0 Å². The number of halogens is 2. The molecule has 5 nitrogen and oxygen atoms in total. The Kier molecular flexibility index (Phi) is 5.45. The van der Waals surface area contributed by atoms with Crippen molar-refractivity contribution in [3.63, 3.8) is 0 Å². The monoisotopic (exact) mass is 421 g/mol. The van der Waals surface area contributed by atoms with E-state index in [1.165, 1.54) is 12.8 Å². The second kappa shape index (κ2) is 7.71.